The maximum Gasteiger partial charge on any atom is 0.152 e. The Hall–Kier alpha value is -0.760. The molecular weight excluding hydrogens is 254 g/mol. The second kappa shape index (κ2) is 6.85. The molecule has 0 spiro atoms. The molecule has 17 heavy (non-hydrogen) atoms. The van der Waals surface area contributed by atoms with Gasteiger partial charge in [-0.05, 0) is 6.26 Å². The van der Waals surface area contributed by atoms with Crippen LogP contribution in [0.1, 0.15) is 0 Å². The van der Waals surface area contributed by atoms with Crippen molar-refractivity contribution in [3.05, 3.63) is 12.5 Å². The normalized spacial score (nSPS) is 15.4. The topological polar surface area (TPSA) is 62.7 Å². The Balaban J connectivity index is 0.000000153. The van der Waals surface area contributed by atoms with Crippen molar-refractivity contribution in [1.29, 1.82) is 0 Å². The Morgan fingerprint density at radius 1 is 1.24 bits per heavy atom. The van der Waals surface area contributed by atoms with Crippen LogP contribution < -0.4 is 10.6 Å². The second-order valence-electron chi connectivity index (χ2n) is 3.40. The Bertz CT molecular complexity index is 410. The van der Waals surface area contributed by atoms with Crippen LogP contribution in [0.4, 0.5) is 0 Å². The molecule has 2 N–H and O–H groups in total. The molecule has 0 aliphatic carbocycles. The summed E-state index contributed by atoms with van der Waals surface area (Å²) in [7, 11) is 0. The van der Waals surface area contributed by atoms with E-state index in [-0.39, 0.29) is 0 Å². The number of aromatic nitrogens is 3. The molecule has 92 valence electrons. The molecule has 0 saturated carbocycles. The quantitative estimate of drug-likeness (QED) is 0.753. The average molecular weight is 269 g/mol. The second-order valence-corrected chi connectivity index (χ2v) is 5.43. The molecule has 1 fully saturated rings. The number of thiazole rings is 1. The highest BCUT2D eigenvalue weighted by Gasteiger charge is 2.01. The largest absolute Gasteiger partial charge is 0.314 e. The van der Waals surface area contributed by atoms with Gasteiger partial charge >= 0.3 is 0 Å². The summed E-state index contributed by atoms with van der Waals surface area (Å²) >= 11 is 3.23. The minimum Gasteiger partial charge on any atom is -0.314 e. The molecule has 3 rings (SSSR count). The molecule has 1 aliphatic rings. The van der Waals surface area contributed by atoms with Crippen molar-refractivity contribution < 1.29 is 0 Å². The molecule has 5 nitrogen and oxygen atoms in total. The first-order valence-electron chi connectivity index (χ1n) is 5.42. The van der Waals surface area contributed by atoms with E-state index in [1.165, 1.54) is 0 Å². The monoisotopic (exact) mass is 269 g/mol. The lowest BCUT2D eigenvalue weighted by atomic mass is 10.4. The van der Waals surface area contributed by atoms with Crippen molar-refractivity contribution in [3.63, 3.8) is 0 Å². The molecule has 0 bridgehead atoms. The van der Waals surface area contributed by atoms with Crippen LogP contribution in [0.15, 0.2) is 16.9 Å². The molecule has 1 aliphatic heterocycles. The lowest BCUT2D eigenvalue weighted by molar-refractivity contribution is 0.534. The first-order valence-corrected chi connectivity index (χ1v) is 7.46. The summed E-state index contributed by atoms with van der Waals surface area (Å²) in [6.07, 6.45) is 5.29. The van der Waals surface area contributed by atoms with E-state index >= 15 is 0 Å². The number of hydrogen-bond donors (Lipinski definition) is 2. The third kappa shape index (κ3) is 3.88. The number of nitrogens with zero attached hydrogens (tertiary/aromatic N) is 3. The summed E-state index contributed by atoms with van der Waals surface area (Å²) in [5.41, 5.74) is 0.891. The summed E-state index contributed by atoms with van der Waals surface area (Å²) in [6.45, 7) is 4.56. The van der Waals surface area contributed by atoms with Crippen LogP contribution in [0.3, 0.4) is 0 Å². The van der Waals surface area contributed by atoms with Crippen LogP contribution in [0.2, 0.25) is 0 Å². The van der Waals surface area contributed by atoms with E-state index < -0.39 is 0 Å². The van der Waals surface area contributed by atoms with Crippen molar-refractivity contribution in [1.82, 2.24) is 25.6 Å². The molecule has 0 atom stereocenters. The summed E-state index contributed by atoms with van der Waals surface area (Å²) in [4.78, 5) is 13.2. The van der Waals surface area contributed by atoms with Crippen LogP contribution in [-0.2, 0) is 0 Å². The van der Waals surface area contributed by atoms with Gasteiger partial charge in [0.1, 0.15) is 16.7 Å². The fourth-order valence-electron chi connectivity index (χ4n) is 1.36. The van der Waals surface area contributed by atoms with Gasteiger partial charge in [0.05, 0.1) is 6.20 Å². The van der Waals surface area contributed by atoms with Gasteiger partial charge in [0.25, 0.3) is 0 Å². The molecule has 0 aromatic carbocycles. The lowest BCUT2D eigenvalue weighted by Crippen LogP contribution is -2.39. The third-order valence-corrected chi connectivity index (χ3v) is 4.15. The van der Waals surface area contributed by atoms with Crippen molar-refractivity contribution in [3.8, 4) is 0 Å². The Labute approximate surface area is 108 Å². The van der Waals surface area contributed by atoms with Gasteiger partial charge in [-0.1, -0.05) is 23.1 Å². The van der Waals surface area contributed by atoms with E-state index in [0.717, 1.165) is 40.9 Å². The predicted molar refractivity (Wildman–Crippen MR) is 72.7 cm³/mol. The van der Waals surface area contributed by atoms with Gasteiger partial charge in [0, 0.05) is 26.2 Å². The third-order valence-electron chi connectivity index (χ3n) is 2.19. The van der Waals surface area contributed by atoms with Gasteiger partial charge in [-0.15, -0.1) is 0 Å². The number of piperazine rings is 1. The summed E-state index contributed by atoms with van der Waals surface area (Å²) in [6, 6.07) is 0. The SMILES string of the molecule is C1CNCCN1.CSc1nc2cncnc2s1. The molecule has 7 heteroatoms. The number of rotatable bonds is 1. The van der Waals surface area contributed by atoms with Crippen molar-refractivity contribution in [2.24, 2.45) is 0 Å². The maximum absolute atomic E-state index is 4.29. The van der Waals surface area contributed by atoms with Crippen molar-refractivity contribution in [2.45, 2.75) is 4.34 Å². The van der Waals surface area contributed by atoms with Gasteiger partial charge in [0.2, 0.25) is 0 Å². The highest BCUT2D eigenvalue weighted by molar-refractivity contribution is 8.00. The molecule has 0 unspecified atom stereocenters. The first kappa shape index (κ1) is 12.7. The molecule has 1 saturated heterocycles. The summed E-state index contributed by atoms with van der Waals surface area (Å²) < 4.78 is 1.04. The highest BCUT2D eigenvalue weighted by Crippen LogP contribution is 2.25. The van der Waals surface area contributed by atoms with Crippen LogP contribution in [0, 0.1) is 0 Å². The average Bonchev–Trinajstić information content (AvgIpc) is 2.84. The molecule has 2 aromatic rings. The van der Waals surface area contributed by atoms with Gasteiger partial charge in [-0.25, -0.2) is 15.0 Å². The number of thioether (sulfide) groups is 1. The van der Waals surface area contributed by atoms with E-state index in [1.54, 1.807) is 35.6 Å². The van der Waals surface area contributed by atoms with Gasteiger partial charge < -0.3 is 10.6 Å². The summed E-state index contributed by atoms with van der Waals surface area (Å²) in [5, 5.41) is 6.44. The van der Waals surface area contributed by atoms with Gasteiger partial charge in [0.15, 0.2) is 4.34 Å². The van der Waals surface area contributed by atoms with Crippen LogP contribution in [-0.4, -0.2) is 47.4 Å². The molecule has 2 aromatic heterocycles. The molecular formula is C10H15N5S2. The zero-order valence-corrected chi connectivity index (χ0v) is 11.3. The standard InChI is InChI=1S/C6H5N3S2.C4H10N2/c1-10-6-9-4-2-7-3-8-5(4)11-6;1-2-6-4-3-5-1/h2-3H,1H3;5-6H,1-4H2. The van der Waals surface area contributed by atoms with E-state index in [0.29, 0.717) is 0 Å². The van der Waals surface area contributed by atoms with Gasteiger partial charge in [-0.3, -0.25) is 0 Å². The van der Waals surface area contributed by atoms with Crippen LogP contribution in [0.25, 0.3) is 10.3 Å². The Morgan fingerprint density at radius 2 is 1.94 bits per heavy atom. The van der Waals surface area contributed by atoms with Crippen molar-refractivity contribution >= 4 is 33.4 Å². The lowest BCUT2D eigenvalue weighted by Gasteiger charge is -2.11. The first-order chi connectivity index (χ1) is 8.40. The van der Waals surface area contributed by atoms with Gasteiger partial charge in [-0.2, -0.15) is 0 Å². The Morgan fingerprint density at radius 3 is 2.47 bits per heavy atom. The zero-order valence-electron chi connectivity index (χ0n) is 9.64. The van der Waals surface area contributed by atoms with Crippen LogP contribution >= 0.6 is 23.1 Å². The fourth-order valence-corrected chi connectivity index (χ4v) is 2.73. The highest BCUT2D eigenvalue weighted by atomic mass is 32.2. The minimum atomic E-state index is 0.891. The molecule has 0 amide bonds. The number of hydrogen-bond acceptors (Lipinski definition) is 7. The molecule has 0 radical (unpaired) electrons. The van der Waals surface area contributed by atoms with E-state index in [4.69, 9.17) is 0 Å². The summed E-state index contributed by atoms with van der Waals surface area (Å²) in [5.74, 6) is 0. The van der Waals surface area contributed by atoms with Crippen molar-refractivity contribution in [2.75, 3.05) is 32.4 Å². The maximum atomic E-state index is 4.29. The number of nitrogens with one attached hydrogen (secondary N) is 2. The van der Waals surface area contributed by atoms with E-state index in [1.807, 2.05) is 6.26 Å². The molecule has 3 heterocycles. The van der Waals surface area contributed by atoms with E-state index in [2.05, 4.69) is 25.6 Å². The zero-order chi connectivity index (χ0) is 11.9. The predicted octanol–water partition coefficient (Wildman–Crippen LogP) is 0.987. The van der Waals surface area contributed by atoms with E-state index in [9.17, 15) is 0 Å². The van der Waals surface area contributed by atoms with Crippen LogP contribution in [0.5, 0.6) is 0 Å². The minimum absolute atomic E-state index is 0.891. The number of fused-ring (bicyclic) bond motifs is 1. The Kier molecular flexibility index (Phi) is 5.11. The fraction of sp³-hybridized carbons (Fsp3) is 0.500. The smallest absolute Gasteiger partial charge is 0.152 e.